The van der Waals surface area contributed by atoms with E-state index in [1.807, 2.05) is 0 Å². The molecule has 0 spiro atoms. The van der Waals surface area contributed by atoms with Gasteiger partial charge in [0.1, 0.15) is 4.99 Å². The zero-order valence-corrected chi connectivity index (χ0v) is 13.0. The van der Waals surface area contributed by atoms with E-state index in [1.54, 1.807) is 0 Å². The van der Waals surface area contributed by atoms with Crippen molar-refractivity contribution in [3.63, 3.8) is 0 Å². The largest absolute Gasteiger partial charge is 0.372 e. The number of nitrogens with zero attached hydrogens (tertiary/aromatic N) is 1. The van der Waals surface area contributed by atoms with Gasteiger partial charge < -0.3 is 9.64 Å². The van der Waals surface area contributed by atoms with Gasteiger partial charge in [0.2, 0.25) is 0 Å². The van der Waals surface area contributed by atoms with Crippen LogP contribution in [0, 0.1) is 0 Å². The van der Waals surface area contributed by atoms with E-state index in [1.165, 1.54) is 5.56 Å². The van der Waals surface area contributed by atoms with Crippen molar-refractivity contribution in [3.05, 3.63) is 35.4 Å². The fourth-order valence-electron chi connectivity index (χ4n) is 2.54. The van der Waals surface area contributed by atoms with Crippen molar-refractivity contribution >= 4 is 17.2 Å². The predicted molar refractivity (Wildman–Crippen MR) is 83.8 cm³/mol. The molecule has 2 atom stereocenters. The van der Waals surface area contributed by atoms with Gasteiger partial charge in [-0.2, -0.15) is 0 Å². The number of morpholine rings is 1. The molecule has 2 nitrogen and oxygen atoms in total. The Balaban J connectivity index is 2.10. The Hall–Kier alpha value is -0.930. The van der Waals surface area contributed by atoms with E-state index in [4.69, 9.17) is 17.0 Å². The second-order valence-electron chi connectivity index (χ2n) is 5.74. The van der Waals surface area contributed by atoms with Crippen molar-refractivity contribution in [3.8, 4) is 0 Å². The summed E-state index contributed by atoms with van der Waals surface area (Å²) in [5, 5.41) is 0. The molecule has 1 aliphatic heterocycles. The average molecular weight is 277 g/mol. The molecular formula is C16H23NOS. The molecule has 1 fully saturated rings. The lowest BCUT2D eigenvalue weighted by Gasteiger charge is -2.37. The van der Waals surface area contributed by atoms with E-state index in [0.717, 1.165) is 23.6 Å². The average Bonchev–Trinajstić information content (AvgIpc) is 2.37. The first-order valence-corrected chi connectivity index (χ1v) is 7.43. The number of hydrogen-bond donors (Lipinski definition) is 0. The highest BCUT2D eigenvalue weighted by Crippen LogP contribution is 2.18. The number of thiocarbonyl (C=S) groups is 1. The first kappa shape index (κ1) is 14.5. The minimum Gasteiger partial charge on any atom is -0.372 e. The van der Waals surface area contributed by atoms with Crippen LogP contribution >= 0.6 is 12.2 Å². The third-order valence-corrected chi connectivity index (χ3v) is 4.03. The molecule has 0 aromatic heterocycles. The monoisotopic (exact) mass is 277 g/mol. The maximum Gasteiger partial charge on any atom is 0.109 e. The minimum absolute atomic E-state index is 0.247. The highest BCUT2D eigenvalue weighted by atomic mass is 32.1. The Kier molecular flexibility index (Phi) is 4.58. The lowest BCUT2D eigenvalue weighted by atomic mass is 10.0. The first-order chi connectivity index (χ1) is 8.97. The molecule has 0 aliphatic carbocycles. The summed E-state index contributed by atoms with van der Waals surface area (Å²) in [6.07, 6.45) is 0.494. The molecule has 1 saturated heterocycles. The van der Waals surface area contributed by atoms with Gasteiger partial charge in [0.05, 0.1) is 12.2 Å². The van der Waals surface area contributed by atoms with Crippen molar-refractivity contribution in [2.45, 2.75) is 45.8 Å². The maximum atomic E-state index is 5.75. The first-order valence-electron chi connectivity index (χ1n) is 7.02. The van der Waals surface area contributed by atoms with Crippen LogP contribution in [0.5, 0.6) is 0 Å². The molecule has 0 saturated carbocycles. The molecule has 1 aromatic carbocycles. The molecule has 0 radical (unpaired) electrons. The fourth-order valence-corrected chi connectivity index (χ4v) is 2.82. The Morgan fingerprint density at radius 2 is 1.68 bits per heavy atom. The number of hydrogen-bond acceptors (Lipinski definition) is 2. The van der Waals surface area contributed by atoms with Crippen molar-refractivity contribution in [1.82, 2.24) is 4.90 Å². The summed E-state index contributed by atoms with van der Waals surface area (Å²) < 4.78 is 5.75. The van der Waals surface area contributed by atoms with Gasteiger partial charge in [0.25, 0.3) is 0 Å². The highest BCUT2D eigenvalue weighted by molar-refractivity contribution is 7.80. The normalized spacial score (nSPS) is 23.7. The van der Waals surface area contributed by atoms with Crippen LogP contribution in [-0.2, 0) is 4.74 Å². The highest BCUT2D eigenvalue weighted by Gasteiger charge is 2.24. The van der Waals surface area contributed by atoms with Crippen LogP contribution in [0.15, 0.2) is 24.3 Å². The predicted octanol–water partition coefficient (Wildman–Crippen LogP) is 3.59. The molecular weight excluding hydrogens is 254 g/mol. The zero-order chi connectivity index (χ0) is 14.0. The lowest BCUT2D eigenvalue weighted by molar-refractivity contribution is -0.0472. The Labute approximate surface area is 121 Å². The number of rotatable bonds is 2. The van der Waals surface area contributed by atoms with E-state index in [2.05, 4.69) is 56.9 Å². The van der Waals surface area contributed by atoms with Gasteiger partial charge in [-0.3, -0.25) is 0 Å². The van der Waals surface area contributed by atoms with Crippen molar-refractivity contribution in [1.29, 1.82) is 0 Å². The summed E-state index contributed by atoms with van der Waals surface area (Å²) in [6, 6.07) is 8.64. The lowest BCUT2D eigenvalue weighted by Crippen LogP contribution is -2.47. The molecule has 0 N–H and O–H groups in total. The van der Waals surface area contributed by atoms with Crippen LogP contribution in [0.1, 0.15) is 44.7 Å². The number of ether oxygens (including phenoxy) is 1. The molecule has 0 amide bonds. The second kappa shape index (κ2) is 6.02. The molecule has 3 heteroatoms. The topological polar surface area (TPSA) is 12.5 Å². The third kappa shape index (κ3) is 3.54. The van der Waals surface area contributed by atoms with E-state index in [9.17, 15) is 0 Å². The van der Waals surface area contributed by atoms with Crippen LogP contribution in [0.25, 0.3) is 0 Å². The van der Waals surface area contributed by atoms with Crippen LogP contribution in [0.4, 0.5) is 0 Å². The van der Waals surface area contributed by atoms with E-state index < -0.39 is 0 Å². The van der Waals surface area contributed by atoms with Gasteiger partial charge in [-0.1, -0.05) is 50.3 Å². The van der Waals surface area contributed by atoms with E-state index >= 15 is 0 Å². The van der Waals surface area contributed by atoms with E-state index in [-0.39, 0.29) is 12.2 Å². The Bertz CT molecular complexity index is 431. The quantitative estimate of drug-likeness (QED) is 0.767. The molecule has 0 bridgehead atoms. The number of benzene rings is 1. The molecule has 1 aromatic rings. The third-order valence-electron chi connectivity index (χ3n) is 3.53. The maximum absolute atomic E-state index is 5.75. The summed E-state index contributed by atoms with van der Waals surface area (Å²) in [5.74, 6) is 0.561. The summed E-state index contributed by atoms with van der Waals surface area (Å²) in [7, 11) is 0. The van der Waals surface area contributed by atoms with Gasteiger partial charge in [0.15, 0.2) is 0 Å². The molecule has 19 heavy (non-hydrogen) atoms. The van der Waals surface area contributed by atoms with Gasteiger partial charge in [-0.25, -0.2) is 0 Å². The SMILES string of the molecule is CC(C)c1ccc(C(=S)N2C[C@@H](C)O[C@H](C)C2)cc1. The molecule has 1 heterocycles. The standard InChI is InChI=1S/C16H23NOS/c1-11(2)14-5-7-15(8-6-14)16(19)17-9-12(3)18-13(4)10-17/h5-8,11-13H,9-10H2,1-4H3/t12-,13-/m1/s1. The van der Waals surface area contributed by atoms with E-state index in [0.29, 0.717) is 5.92 Å². The summed E-state index contributed by atoms with van der Waals surface area (Å²) in [4.78, 5) is 3.20. The fraction of sp³-hybridized carbons (Fsp3) is 0.562. The molecule has 2 rings (SSSR count). The Morgan fingerprint density at radius 1 is 1.16 bits per heavy atom. The van der Waals surface area contributed by atoms with Gasteiger partial charge in [0, 0.05) is 18.7 Å². The minimum atomic E-state index is 0.247. The molecule has 104 valence electrons. The Morgan fingerprint density at radius 3 is 2.16 bits per heavy atom. The van der Waals surface area contributed by atoms with Crippen molar-refractivity contribution < 1.29 is 4.74 Å². The van der Waals surface area contributed by atoms with Crippen LogP contribution < -0.4 is 0 Å². The van der Waals surface area contributed by atoms with Gasteiger partial charge in [-0.15, -0.1) is 0 Å². The molecule has 1 aliphatic rings. The smallest absolute Gasteiger partial charge is 0.109 e. The van der Waals surface area contributed by atoms with Crippen molar-refractivity contribution in [2.75, 3.05) is 13.1 Å². The summed E-state index contributed by atoms with van der Waals surface area (Å²) in [5.41, 5.74) is 2.50. The zero-order valence-electron chi connectivity index (χ0n) is 12.2. The molecule has 0 unspecified atom stereocenters. The summed E-state index contributed by atoms with van der Waals surface area (Å²) >= 11 is 5.63. The summed E-state index contributed by atoms with van der Waals surface area (Å²) in [6.45, 7) is 10.4. The van der Waals surface area contributed by atoms with Crippen molar-refractivity contribution in [2.24, 2.45) is 0 Å². The van der Waals surface area contributed by atoms with Crippen LogP contribution in [0.3, 0.4) is 0 Å². The van der Waals surface area contributed by atoms with Gasteiger partial charge >= 0.3 is 0 Å². The van der Waals surface area contributed by atoms with Crippen LogP contribution in [-0.4, -0.2) is 35.2 Å². The van der Waals surface area contributed by atoms with Gasteiger partial charge in [-0.05, 0) is 25.3 Å². The van der Waals surface area contributed by atoms with Crippen LogP contribution in [0.2, 0.25) is 0 Å². The second-order valence-corrected chi connectivity index (χ2v) is 6.13.